The molecule has 2 aromatic rings. The van der Waals surface area contributed by atoms with Crippen molar-refractivity contribution >= 4 is 34.4 Å². The lowest BCUT2D eigenvalue weighted by molar-refractivity contribution is -0.136. The molecule has 0 atom stereocenters. The van der Waals surface area contributed by atoms with Crippen molar-refractivity contribution in [2.45, 2.75) is 19.8 Å². The average molecular weight is 340 g/mol. The van der Waals surface area contributed by atoms with E-state index in [9.17, 15) is 9.59 Å². The number of likely N-dealkylation sites (N-methyl/N-ethyl adjacent to an activating group) is 1. The first-order valence-electron chi connectivity index (χ1n) is 8.08. The second-order valence-corrected chi connectivity index (χ2v) is 6.66. The van der Waals surface area contributed by atoms with Crippen LogP contribution in [0.5, 0.6) is 0 Å². The molecular weight excluding hydrogens is 320 g/mol. The molecule has 0 fully saturated rings. The Morgan fingerprint density at radius 1 is 1.04 bits per heavy atom. The molecule has 0 bridgehead atoms. The van der Waals surface area contributed by atoms with Crippen LogP contribution in [0, 0.1) is 0 Å². The molecule has 2 heterocycles. The van der Waals surface area contributed by atoms with Crippen LogP contribution >= 0.6 is 11.3 Å². The van der Waals surface area contributed by atoms with Gasteiger partial charge in [-0.05, 0) is 30.0 Å². The minimum absolute atomic E-state index is 0.186. The van der Waals surface area contributed by atoms with Gasteiger partial charge in [-0.3, -0.25) is 14.5 Å². The number of rotatable bonds is 6. The van der Waals surface area contributed by atoms with Crippen molar-refractivity contribution in [3.63, 3.8) is 0 Å². The van der Waals surface area contributed by atoms with Gasteiger partial charge in [0.15, 0.2) is 0 Å². The van der Waals surface area contributed by atoms with Crippen LogP contribution in [0.4, 0.5) is 5.69 Å². The average Bonchev–Trinajstić information content (AvgIpc) is 3.20. The summed E-state index contributed by atoms with van der Waals surface area (Å²) in [6.45, 7) is 2.52. The van der Waals surface area contributed by atoms with Gasteiger partial charge >= 0.3 is 0 Å². The number of benzene rings is 1. The predicted octanol–water partition coefficient (Wildman–Crippen LogP) is 3.76. The molecule has 0 saturated carbocycles. The number of unbranched alkanes of at least 4 members (excludes halogenated alkanes) is 1. The quantitative estimate of drug-likeness (QED) is 0.752. The summed E-state index contributed by atoms with van der Waals surface area (Å²) in [7, 11) is 1.84. The fraction of sp³-hybridized carbons (Fsp3) is 0.263. The van der Waals surface area contributed by atoms with Crippen LogP contribution in [-0.2, 0) is 9.59 Å². The van der Waals surface area contributed by atoms with Gasteiger partial charge in [0, 0.05) is 24.2 Å². The predicted molar refractivity (Wildman–Crippen MR) is 97.7 cm³/mol. The number of hydrogen-bond acceptors (Lipinski definition) is 4. The van der Waals surface area contributed by atoms with Crippen molar-refractivity contribution in [2.75, 3.05) is 18.5 Å². The van der Waals surface area contributed by atoms with Crippen molar-refractivity contribution in [2.24, 2.45) is 0 Å². The van der Waals surface area contributed by atoms with Gasteiger partial charge in [0.25, 0.3) is 11.8 Å². The number of nitrogens with zero attached hydrogens (tertiary/aromatic N) is 2. The third kappa shape index (κ3) is 2.87. The molecule has 0 radical (unpaired) electrons. The van der Waals surface area contributed by atoms with Crippen LogP contribution in [0.1, 0.15) is 24.6 Å². The lowest BCUT2D eigenvalue weighted by atomic mass is 10.1. The second-order valence-electron chi connectivity index (χ2n) is 5.71. The first-order chi connectivity index (χ1) is 11.6. The molecule has 1 aliphatic heterocycles. The molecule has 124 valence electrons. The van der Waals surface area contributed by atoms with E-state index < -0.39 is 0 Å². The third-order valence-corrected chi connectivity index (χ3v) is 5.01. The Hall–Kier alpha value is -2.40. The highest BCUT2D eigenvalue weighted by Gasteiger charge is 2.41. The number of carbonyl (C=O) groups excluding carboxylic acids is 2. The molecule has 0 aliphatic carbocycles. The number of carbonyl (C=O) groups is 2. The molecule has 1 aromatic carbocycles. The first kappa shape index (κ1) is 16.5. The standard InChI is InChI=1S/C19H20N2O2S/c1-3-4-12-21-18(22)16(15-11-8-13-24-15)17(19(21)23)20(2)14-9-6-5-7-10-14/h5-11,13H,3-4,12H2,1-2H3. The smallest absolute Gasteiger partial charge is 0.278 e. The highest BCUT2D eigenvalue weighted by molar-refractivity contribution is 7.11. The minimum atomic E-state index is -0.205. The Bertz CT molecular complexity index is 766. The fourth-order valence-electron chi connectivity index (χ4n) is 2.82. The van der Waals surface area contributed by atoms with Crippen LogP contribution in [-0.4, -0.2) is 30.3 Å². The Morgan fingerprint density at radius 3 is 2.42 bits per heavy atom. The van der Waals surface area contributed by atoms with Crippen LogP contribution in [0.3, 0.4) is 0 Å². The molecule has 0 spiro atoms. The van der Waals surface area contributed by atoms with Crippen LogP contribution in [0.2, 0.25) is 0 Å². The zero-order valence-corrected chi connectivity index (χ0v) is 14.7. The SMILES string of the molecule is CCCCN1C(=O)C(c2cccs2)=C(N(C)c2ccccc2)C1=O. The van der Waals surface area contributed by atoms with Crippen LogP contribution in [0.15, 0.2) is 53.5 Å². The van der Waals surface area contributed by atoms with E-state index in [0.717, 1.165) is 23.4 Å². The van der Waals surface area contributed by atoms with E-state index in [4.69, 9.17) is 0 Å². The van der Waals surface area contributed by atoms with Crippen molar-refractivity contribution in [1.29, 1.82) is 0 Å². The molecule has 1 aromatic heterocycles. The monoisotopic (exact) mass is 340 g/mol. The number of hydrogen-bond donors (Lipinski definition) is 0. The van der Waals surface area contributed by atoms with E-state index in [-0.39, 0.29) is 11.8 Å². The van der Waals surface area contributed by atoms with Crippen LogP contribution in [0.25, 0.3) is 5.57 Å². The fourth-order valence-corrected chi connectivity index (χ4v) is 3.58. The number of amides is 2. The van der Waals surface area contributed by atoms with E-state index in [2.05, 4.69) is 6.92 Å². The molecule has 1 aliphatic rings. The van der Waals surface area contributed by atoms with Crippen molar-refractivity contribution < 1.29 is 9.59 Å². The van der Waals surface area contributed by atoms with Gasteiger partial charge < -0.3 is 4.90 Å². The summed E-state index contributed by atoms with van der Waals surface area (Å²) in [6, 6.07) is 13.5. The number of imide groups is 1. The van der Waals surface area contributed by atoms with Gasteiger partial charge in [-0.15, -0.1) is 11.3 Å². The molecule has 3 rings (SSSR count). The highest BCUT2D eigenvalue weighted by Crippen LogP contribution is 2.35. The number of thiophene rings is 1. The Balaban J connectivity index is 2.06. The second kappa shape index (κ2) is 7.01. The third-order valence-electron chi connectivity index (χ3n) is 4.13. The van der Waals surface area contributed by atoms with E-state index >= 15 is 0 Å². The van der Waals surface area contributed by atoms with Gasteiger partial charge in [-0.25, -0.2) is 0 Å². The molecule has 2 amide bonds. The Morgan fingerprint density at radius 2 is 1.79 bits per heavy atom. The molecular formula is C19H20N2O2S. The van der Waals surface area contributed by atoms with Crippen molar-refractivity contribution in [1.82, 2.24) is 4.90 Å². The Labute approximate surface area is 146 Å². The normalized spacial score (nSPS) is 14.7. The highest BCUT2D eigenvalue weighted by atomic mass is 32.1. The summed E-state index contributed by atoms with van der Waals surface area (Å²) in [6.07, 6.45) is 1.76. The molecule has 0 N–H and O–H groups in total. The summed E-state index contributed by atoms with van der Waals surface area (Å²) < 4.78 is 0. The summed E-state index contributed by atoms with van der Waals surface area (Å²) >= 11 is 1.48. The van der Waals surface area contributed by atoms with Gasteiger partial charge in [0.2, 0.25) is 0 Å². The first-order valence-corrected chi connectivity index (χ1v) is 8.96. The van der Waals surface area contributed by atoms with E-state index in [0.29, 0.717) is 17.8 Å². The van der Waals surface area contributed by atoms with Gasteiger partial charge in [0.1, 0.15) is 5.70 Å². The minimum Gasteiger partial charge on any atom is -0.339 e. The summed E-state index contributed by atoms with van der Waals surface area (Å²) in [4.78, 5) is 29.9. The van der Waals surface area contributed by atoms with E-state index in [1.54, 1.807) is 0 Å². The maximum Gasteiger partial charge on any atom is 0.278 e. The molecule has 5 heteroatoms. The molecule has 24 heavy (non-hydrogen) atoms. The van der Waals surface area contributed by atoms with Gasteiger partial charge in [-0.2, -0.15) is 0 Å². The summed E-state index contributed by atoms with van der Waals surface area (Å²) in [5.41, 5.74) is 1.86. The maximum atomic E-state index is 13.0. The number of anilines is 1. The zero-order chi connectivity index (χ0) is 17.1. The van der Waals surface area contributed by atoms with Crippen molar-refractivity contribution in [3.05, 3.63) is 58.4 Å². The lowest BCUT2D eigenvalue weighted by Crippen LogP contribution is -2.35. The maximum absolute atomic E-state index is 13.0. The van der Waals surface area contributed by atoms with Crippen LogP contribution < -0.4 is 4.90 Å². The Kier molecular flexibility index (Phi) is 4.81. The summed E-state index contributed by atoms with van der Waals surface area (Å²) in [5, 5.41) is 1.93. The molecule has 0 unspecified atom stereocenters. The number of para-hydroxylation sites is 1. The lowest BCUT2D eigenvalue weighted by Gasteiger charge is -2.21. The largest absolute Gasteiger partial charge is 0.339 e. The molecule has 0 saturated heterocycles. The summed E-state index contributed by atoms with van der Waals surface area (Å²) in [5.74, 6) is -0.392. The zero-order valence-electron chi connectivity index (χ0n) is 13.9. The van der Waals surface area contributed by atoms with E-state index in [1.165, 1.54) is 16.2 Å². The van der Waals surface area contributed by atoms with Gasteiger partial charge in [-0.1, -0.05) is 37.6 Å². The van der Waals surface area contributed by atoms with Gasteiger partial charge in [0.05, 0.1) is 5.57 Å². The van der Waals surface area contributed by atoms with E-state index in [1.807, 2.05) is 59.8 Å². The topological polar surface area (TPSA) is 40.6 Å². The van der Waals surface area contributed by atoms with Crippen molar-refractivity contribution in [3.8, 4) is 0 Å². The molecule has 4 nitrogen and oxygen atoms in total.